The van der Waals surface area contributed by atoms with Crippen LogP contribution >= 0.6 is 0 Å². The molecule has 1 aromatic heterocycles. The van der Waals surface area contributed by atoms with Crippen LogP contribution < -0.4 is 14.5 Å². The van der Waals surface area contributed by atoms with Crippen molar-refractivity contribution >= 4 is 28.6 Å². The zero-order valence-corrected chi connectivity index (χ0v) is 22.7. The van der Waals surface area contributed by atoms with Crippen LogP contribution in [0.3, 0.4) is 0 Å². The summed E-state index contributed by atoms with van der Waals surface area (Å²) in [6.45, 7) is 6.98. The number of phenols is 1. The Kier molecular flexibility index (Phi) is 7.83. The number of benzene rings is 2. The molecule has 5 rings (SSSR count). The van der Waals surface area contributed by atoms with Crippen molar-refractivity contribution in [2.75, 3.05) is 63.2 Å². The molecule has 3 heterocycles. The van der Waals surface area contributed by atoms with E-state index in [1.807, 2.05) is 39.4 Å². The lowest BCUT2D eigenvalue weighted by molar-refractivity contribution is -0.104. The molecule has 0 bridgehead atoms. The first kappa shape index (κ1) is 26.7. The van der Waals surface area contributed by atoms with Gasteiger partial charge in [-0.2, -0.15) is 9.97 Å². The Balaban J connectivity index is 1.48. The zero-order valence-electron chi connectivity index (χ0n) is 22.7. The van der Waals surface area contributed by atoms with Crippen LogP contribution in [-0.2, 0) is 17.8 Å². The van der Waals surface area contributed by atoms with Crippen LogP contribution in [0.4, 0.5) is 15.9 Å². The third-order valence-corrected chi connectivity index (χ3v) is 7.22. The fourth-order valence-corrected chi connectivity index (χ4v) is 5.45. The number of carbonyl (C=O) groups excluding carboxylic acids is 1. The number of anilines is 2. The van der Waals surface area contributed by atoms with E-state index < -0.39 is 5.82 Å². The first-order chi connectivity index (χ1) is 18.8. The number of piperazine rings is 1. The highest BCUT2D eigenvalue weighted by Crippen LogP contribution is 2.38. The third-order valence-electron chi connectivity index (χ3n) is 7.22. The molecule has 2 aromatic carbocycles. The van der Waals surface area contributed by atoms with Crippen LogP contribution in [0.25, 0.3) is 10.8 Å². The number of halogens is 1. The largest absolute Gasteiger partial charge is 0.505 e. The maximum absolute atomic E-state index is 14.7. The molecule has 9 nitrogen and oxygen atoms in total. The molecule has 1 N–H and O–H groups in total. The van der Waals surface area contributed by atoms with Gasteiger partial charge in [0, 0.05) is 73.6 Å². The van der Waals surface area contributed by atoms with Crippen molar-refractivity contribution < 1.29 is 19.0 Å². The SMILES string of the molecule is C[C@@H](CN(C)C)Oc1nc2c(c(N3CCN(C=CC=O)CC3)n1)CCN(c1cc(O)c(F)c3ccccc13)C2. The third kappa shape index (κ3) is 5.75. The molecular formula is C29H35FN6O3. The smallest absolute Gasteiger partial charge is 0.318 e. The molecule has 0 spiro atoms. The number of aromatic nitrogens is 2. The Labute approximate surface area is 228 Å². The van der Waals surface area contributed by atoms with Crippen molar-refractivity contribution in [3.63, 3.8) is 0 Å². The van der Waals surface area contributed by atoms with Gasteiger partial charge in [-0.25, -0.2) is 4.39 Å². The lowest BCUT2D eigenvalue weighted by Crippen LogP contribution is -2.45. The van der Waals surface area contributed by atoms with Crippen LogP contribution in [-0.4, -0.2) is 90.6 Å². The molecule has 1 fully saturated rings. The molecule has 206 valence electrons. The molecule has 2 aliphatic heterocycles. The standard InChI is InChI=1S/C29H35FN6O3/c1-20(18-33(2)3)39-29-31-24-19-36(25-17-26(38)27(30)22-8-5-4-7-21(22)25)11-9-23(24)28(32-29)35-14-12-34(13-15-35)10-6-16-37/h4-8,10,16-17,20,38H,9,11-15,18-19H2,1-3H3/t20-/m0/s1. The maximum Gasteiger partial charge on any atom is 0.318 e. The second-order valence-corrected chi connectivity index (χ2v) is 10.4. The van der Waals surface area contributed by atoms with Crippen molar-refractivity contribution in [1.82, 2.24) is 19.8 Å². The van der Waals surface area contributed by atoms with Crippen molar-refractivity contribution in [3.05, 3.63) is 59.7 Å². The Morgan fingerprint density at radius 3 is 2.56 bits per heavy atom. The quantitative estimate of drug-likeness (QED) is 0.346. The van der Waals surface area contributed by atoms with Gasteiger partial charge < -0.3 is 29.4 Å². The predicted octanol–water partition coefficient (Wildman–Crippen LogP) is 3.20. The number of rotatable bonds is 8. The number of fused-ring (bicyclic) bond motifs is 2. The molecular weight excluding hydrogens is 499 g/mol. The molecule has 2 aliphatic rings. The highest BCUT2D eigenvalue weighted by atomic mass is 19.1. The summed E-state index contributed by atoms with van der Waals surface area (Å²) in [5, 5.41) is 11.5. The number of allylic oxidation sites excluding steroid dienone is 1. The molecule has 3 aromatic rings. The van der Waals surface area contributed by atoms with E-state index in [1.54, 1.807) is 12.1 Å². The summed E-state index contributed by atoms with van der Waals surface area (Å²) in [7, 11) is 4.00. The number of nitrogens with zero attached hydrogens (tertiary/aromatic N) is 6. The monoisotopic (exact) mass is 534 g/mol. The molecule has 0 aliphatic carbocycles. The van der Waals surface area contributed by atoms with Crippen molar-refractivity contribution in [2.24, 2.45) is 0 Å². The van der Waals surface area contributed by atoms with Gasteiger partial charge in [-0.3, -0.25) is 4.79 Å². The summed E-state index contributed by atoms with van der Waals surface area (Å²) in [5.74, 6) is -0.0810. The second kappa shape index (κ2) is 11.4. The van der Waals surface area contributed by atoms with E-state index in [0.29, 0.717) is 30.9 Å². The number of aldehydes is 1. The van der Waals surface area contributed by atoms with Gasteiger partial charge in [0.15, 0.2) is 11.6 Å². The summed E-state index contributed by atoms with van der Waals surface area (Å²) < 4.78 is 20.8. The van der Waals surface area contributed by atoms with Crippen LogP contribution in [0.5, 0.6) is 11.8 Å². The Morgan fingerprint density at radius 1 is 1.10 bits per heavy atom. The number of carbonyl (C=O) groups is 1. The molecule has 0 radical (unpaired) electrons. The van der Waals surface area contributed by atoms with E-state index in [-0.39, 0.29) is 11.9 Å². The van der Waals surface area contributed by atoms with Gasteiger partial charge in [-0.15, -0.1) is 0 Å². The average Bonchev–Trinajstić information content (AvgIpc) is 2.93. The number of hydrogen-bond donors (Lipinski definition) is 1. The number of hydrogen-bond acceptors (Lipinski definition) is 9. The summed E-state index contributed by atoms with van der Waals surface area (Å²) in [4.78, 5) is 29.1. The fourth-order valence-electron chi connectivity index (χ4n) is 5.45. The lowest BCUT2D eigenvalue weighted by atomic mass is 10.0. The number of aromatic hydroxyl groups is 1. The van der Waals surface area contributed by atoms with Gasteiger partial charge in [0.05, 0.1) is 12.2 Å². The number of ether oxygens (including phenoxy) is 1. The zero-order chi connectivity index (χ0) is 27.5. The van der Waals surface area contributed by atoms with E-state index in [2.05, 4.69) is 19.6 Å². The second-order valence-electron chi connectivity index (χ2n) is 10.4. The van der Waals surface area contributed by atoms with Gasteiger partial charge >= 0.3 is 6.01 Å². The molecule has 1 saturated heterocycles. The Hall–Kier alpha value is -3.92. The van der Waals surface area contributed by atoms with Crippen molar-refractivity contribution in [1.29, 1.82) is 0 Å². The Morgan fingerprint density at radius 2 is 1.85 bits per heavy atom. The normalized spacial score (nSPS) is 16.7. The molecule has 0 amide bonds. The minimum Gasteiger partial charge on any atom is -0.505 e. The summed E-state index contributed by atoms with van der Waals surface area (Å²) in [5.41, 5.74) is 2.73. The molecule has 0 saturated carbocycles. The first-order valence-corrected chi connectivity index (χ1v) is 13.3. The molecule has 0 unspecified atom stereocenters. The highest BCUT2D eigenvalue weighted by Gasteiger charge is 2.29. The van der Waals surface area contributed by atoms with Crippen LogP contribution in [0.1, 0.15) is 18.2 Å². The highest BCUT2D eigenvalue weighted by molar-refractivity contribution is 5.96. The average molecular weight is 535 g/mol. The lowest BCUT2D eigenvalue weighted by Gasteiger charge is -2.38. The summed E-state index contributed by atoms with van der Waals surface area (Å²) in [6.07, 6.45) is 4.75. The van der Waals surface area contributed by atoms with Gasteiger partial charge in [0.2, 0.25) is 0 Å². The molecule has 39 heavy (non-hydrogen) atoms. The predicted molar refractivity (Wildman–Crippen MR) is 150 cm³/mol. The van der Waals surface area contributed by atoms with Crippen molar-refractivity contribution in [3.8, 4) is 11.8 Å². The van der Waals surface area contributed by atoms with E-state index in [0.717, 1.165) is 67.2 Å². The first-order valence-electron chi connectivity index (χ1n) is 13.3. The minimum absolute atomic E-state index is 0.103. The van der Waals surface area contributed by atoms with Gasteiger partial charge in [0.1, 0.15) is 18.2 Å². The molecule has 10 heteroatoms. The van der Waals surface area contributed by atoms with Crippen LogP contribution in [0.15, 0.2) is 42.6 Å². The van der Waals surface area contributed by atoms with E-state index in [4.69, 9.17) is 14.7 Å². The van der Waals surface area contributed by atoms with Crippen LogP contribution in [0, 0.1) is 5.82 Å². The summed E-state index contributed by atoms with van der Waals surface area (Å²) in [6, 6.07) is 9.07. The fraction of sp³-hybridized carbons (Fsp3) is 0.414. The minimum atomic E-state index is -0.607. The van der Waals surface area contributed by atoms with Crippen LogP contribution in [0.2, 0.25) is 0 Å². The number of phenolic OH excluding ortho intramolecular Hbond substituents is 1. The van der Waals surface area contributed by atoms with E-state index in [1.165, 1.54) is 12.1 Å². The summed E-state index contributed by atoms with van der Waals surface area (Å²) >= 11 is 0. The van der Waals surface area contributed by atoms with Gasteiger partial charge in [-0.1, -0.05) is 24.3 Å². The number of likely N-dealkylation sites (N-methyl/N-ethyl adjacent to an activating group) is 1. The van der Waals surface area contributed by atoms with Gasteiger partial charge in [-0.05, 0) is 33.5 Å². The Bertz CT molecular complexity index is 1370. The van der Waals surface area contributed by atoms with Crippen molar-refractivity contribution in [2.45, 2.75) is 26.0 Å². The van der Waals surface area contributed by atoms with E-state index in [9.17, 15) is 14.3 Å². The molecule has 1 atom stereocenters. The topological polar surface area (TPSA) is 85.3 Å². The maximum atomic E-state index is 14.7. The van der Waals surface area contributed by atoms with E-state index >= 15 is 0 Å². The van der Waals surface area contributed by atoms with Gasteiger partial charge in [0.25, 0.3) is 0 Å².